The summed E-state index contributed by atoms with van der Waals surface area (Å²) in [6.45, 7) is 2.70. The predicted octanol–water partition coefficient (Wildman–Crippen LogP) is 2.66. The maximum atomic E-state index is 11.7. The number of benzene rings is 2. The van der Waals surface area contributed by atoms with Crippen molar-refractivity contribution in [3.63, 3.8) is 0 Å². The second kappa shape index (κ2) is 10.3. The molecule has 0 unspecified atom stereocenters. The van der Waals surface area contributed by atoms with E-state index in [1.54, 1.807) is 7.11 Å². The fourth-order valence-electron chi connectivity index (χ4n) is 3.29. The van der Waals surface area contributed by atoms with E-state index in [0.29, 0.717) is 19.8 Å². The molecule has 2 aromatic rings. The second-order valence-electron chi connectivity index (χ2n) is 6.77. The monoisotopic (exact) mass is 385 g/mol. The molecule has 0 bridgehead atoms. The molecule has 0 spiro atoms. The van der Waals surface area contributed by atoms with Crippen molar-refractivity contribution in [2.75, 3.05) is 13.7 Å². The van der Waals surface area contributed by atoms with Crippen molar-refractivity contribution in [2.24, 2.45) is 0 Å². The van der Waals surface area contributed by atoms with Gasteiger partial charge in [0.2, 0.25) is 5.91 Å². The Bertz CT molecular complexity index is 724. The van der Waals surface area contributed by atoms with Gasteiger partial charge in [0.15, 0.2) is 6.29 Å². The fourth-order valence-corrected chi connectivity index (χ4v) is 3.29. The molecule has 1 aliphatic rings. The maximum Gasteiger partial charge on any atom is 0.217 e. The average Bonchev–Trinajstić information content (AvgIpc) is 3.04. The molecule has 1 saturated heterocycles. The van der Waals surface area contributed by atoms with Crippen LogP contribution in [0.2, 0.25) is 0 Å². The van der Waals surface area contributed by atoms with Crippen molar-refractivity contribution >= 4 is 5.91 Å². The summed E-state index contributed by atoms with van der Waals surface area (Å²) in [5.41, 5.74) is 2.14. The zero-order valence-corrected chi connectivity index (χ0v) is 16.2. The van der Waals surface area contributed by atoms with Crippen LogP contribution in [0.4, 0.5) is 0 Å². The second-order valence-corrected chi connectivity index (χ2v) is 6.77. The van der Waals surface area contributed by atoms with Gasteiger partial charge in [-0.25, -0.2) is 0 Å². The number of ether oxygens (including phenoxy) is 4. The van der Waals surface area contributed by atoms with Gasteiger partial charge < -0.3 is 24.3 Å². The lowest BCUT2D eigenvalue weighted by atomic mass is 10.1. The minimum absolute atomic E-state index is 0.158. The third-order valence-electron chi connectivity index (χ3n) is 4.60. The van der Waals surface area contributed by atoms with E-state index in [1.165, 1.54) is 6.92 Å². The summed E-state index contributed by atoms with van der Waals surface area (Å²) in [5, 5.41) is 2.90. The minimum Gasteiger partial charge on any atom is -0.374 e. The number of nitrogens with one attached hydrogen (secondary N) is 1. The highest BCUT2D eigenvalue weighted by Gasteiger charge is 2.46. The van der Waals surface area contributed by atoms with E-state index in [0.717, 1.165) is 11.1 Å². The highest BCUT2D eigenvalue weighted by atomic mass is 16.7. The van der Waals surface area contributed by atoms with Crippen LogP contribution in [0.1, 0.15) is 18.1 Å². The molecule has 28 heavy (non-hydrogen) atoms. The van der Waals surface area contributed by atoms with Gasteiger partial charge in [-0.3, -0.25) is 4.79 Å². The number of rotatable bonds is 9. The molecule has 0 saturated carbocycles. The van der Waals surface area contributed by atoms with Crippen LogP contribution in [0.3, 0.4) is 0 Å². The highest BCUT2D eigenvalue weighted by molar-refractivity contribution is 5.73. The van der Waals surface area contributed by atoms with Gasteiger partial charge in [-0.1, -0.05) is 60.7 Å². The number of carbonyl (C=O) groups is 1. The van der Waals surface area contributed by atoms with Gasteiger partial charge in [0.25, 0.3) is 0 Å². The van der Waals surface area contributed by atoms with E-state index < -0.39 is 12.3 Å². The first-order chi connectivity index (χ1) is 13.7. The molecule has 1 fully saturated rings. The predicted molar refractivity (Wildman–Crippen MR) is 104 cm³/mol. The van der Waals surface area contributed by atoms with Gasteiger partial charge in [0, 0.05) is 14.0 Å². The molecular weight excluding hydrogens is 358 g/mol. The van der Waals surface area contributed by atoms with Crippen LogP contribution in [0.5, 0.6) is 0 Å². The molecule has 6 heteroatoms. The van der Waals surface area contributed by atoms with E-state index >= 15 is 0 Å². The lowest BCUT2D eigenvalue weighted by Gasteiger charge is -2.24. The smallest absolute Gasteiger partial charge is 0.217 e. The van der Waals surface area contributed by atoms with Crippen molar-refractivity contribution < 1.29 is 23.7 Å². The van der Waals surface area contributed by atoms with Crippen LogP contribution >= 0.6 is 0 Å². The maximum absolute atomic E-state index is 11.7. The first-order valence-corrected chi connectivity index (χ1v) is 9.40. The third kappa shape index (κ3) is 5.62. The molecule has 0 radical (unpaired) electrons. The van der Waals surface area contributed by atoms with Gasteiger partial charge in [-0.05, 0) is 11.1 Å². The Labute approximate surface area is 165 Å². The molecule has 6 nitrogen and oxygen atoms in total. The summed E-state index contributed by atoms with van der Waals surface area (Å²) in [4.78, 5) is 11.7. The lowest BCUT2D eigenvalue weighted by molar-refractivity contribution is -0.143. The number of hydrogen-bond acceptors (Lipinski definition) is 5. The summed E-state index contributed by atoms with van der Waals surface area (Å²) >= 11 is 0. The van der Waals surface area contributed by atoms with Crippen LogP contribution in [0.15, 0.2) is 60.7 Å². The Hall–Kier alpha value is -2.25. The largest absolute Gasteiger partial charge is 0.374 e. The van der Waals surface area contributed by atoms with Crippen molar-refractivity contribution in [3.05, 3.63) is 71.8 Å². The van der Waals surface area contributed by atoms with Crippen LogP contribution in [0.25, 0.3) is 0 Å². The Kier molecular flexibility index (Phi) is 7.56. The normalized spacial score (nSPS) is 24.2. The van der Waals surface area contributed by atoms with E-state index in [4.69, 9.17) is 18.9 Å². The standard InChI is InChI=1S/C22H27NO5/c1-16(24)23-20-21(27-14-18-11-7-4-8-12-18)19(28-22(20)25-2)15-26-13-17-9-5-3-6-10-17/h3-12,19-22H,13-15H2,1-2H3,(H,23,24)/t19-,20-,21-,22-/m1/s1. The van der Waals surface area contributed by atoms with Crippen molar-refractivity contribution in [3.8, 4) is 0 Å². The average molecular weight is 385 g/mol. The zero-order valence-electron chi connectivity index (χ0n) is 16.2. The molecule has 0 aliphatic carbocycles. The SMILES string of the molecule is CO[C@@H]1O[C@H](COCc2ccccc2)[C@@H](OCc2ccccc2)[C@H]1NC(C)=O. The molecule has 0 aromatic heterocycles. The first kappa shape index (κ1) is 20.5. The van der Waals surface area contributed by atoms with Crippen molar-refractivity contribution in [1.82, 2.24) is 5.32 Å². The van der Waals surface area contributed by atoms with E-state index in [9.17, 15) is 4.79 Å². The minimum atomic E-state index is -0.588. The summed E-state index contributed by atoms with van der Waals surface area (Å²) in [5.74, 6) is -0.158. The highest BCUT2D eigenvalue weighted by Crippen LogP contribution is 2.26. The number of methoxy groups -OCH3 is 1. The van der Waals surface area contributed by atoms with Crippen LogP contribution in [0, 0.1) is 0 Å². The molecule has 1 N–H and O–H groups in total. The number of amides is 1. The van der Waals surface area contributed by atoms with E-state index in [1.807, 2.05) is 60.7 Å². The van der Waals surface area contributed by atoms with Gasteiger partial charge >= 0.3 is 0 Å². The lowest BCUT2D eigenvalue weighted by Crippen LogP contribution is -2.49. The third-order valence-corrected chi connectivity index (χ3v) is 4.60. The zero-order chi connectivity index (χ0) is 19.8. The first-order valence-electron chi connectivity index (χ1n) is 9.40. The Morgan fingerprint density at radius 3 is 2.18 bits per heavy atom. The van der Waals surface area contributed by atoms with E-state index in [2.05, 4.69) is 5.32 Å². The Morgan fingerprint density at radius 2 is 1.61 bits per heavy atom. The molecule has 4 atom stereocenters. The molecule has 1 heterocycles. The summed E-state index contributed by atoms with van der Waals surface area (Å²) < 4.78 is 23.4. The number of hydrogen-bond donors (Lipinski definition) is 1. The van der Waals surface area contributed by atoms with Gasteiger partial charge in [-0.2, -0.15) is 0 Å². The molecule has 2 aromatic carbocycles. The fraction of sp³-hybridized carbons (Fsp3) is 0.409. The molecular formula is C22H27NO5. The summed E-state index contributed by atoms with van der Waals surface area (Å²) in [7, 11) is 1.56. The van der Waals surface area contributed by atoms with Gasteiger partial charge in [0.1, 0.15) is 18.2 Å². The molecule has 3 rings (SSSR count). The van der Waals surface area contributed by atoms with Crippen molar-refractivity contribution in [2.45, 2.75) is 44.7 Å². The molecule has 150 valence electrons. The van der Waals surface area contributed by atoms with Crippen LogP contribution in [-0.4, -0.2) is 44.2 Å². The molecule has 1 aliphatic heterocycles. The Morgan fingerprint density at radius 1 is 1.00 bits per heavy atom. The van der Waals surface area contributed by atoms with E-state index in [-0.39, 0.29) is 18.1 Å². The van der Waals surface area contributed by atoms with Crippen LogP contribution in [-0.2, 0) is 37.0 Å². The summed E-state index contributed by atoms with van der Waals surface area (Å²) in [6, 6.07) is 19.4. The van der Waals surface area contributed by atoms with Gasteiger partial charge in [-0.15, -0.1) is 0 Å². The van der Waals surface area contributed by atoms with Crippen molar-refractivity contribution in [1.29, 1.82) is 0 Å². The van der Waals surface area contributed by atoms with Crippen LogP contribution < -0.4 is 5.32 Å². The topological polar surface area (TPSA) is 66.0 Å². The quantitative estimate of drug-likeness (QED) is 0.719. The summed E-state index contributed by atoms with van der Waals surface area (Å²) in [6.07, 6.45) is -1.32. The molecule has 1 amide bonds. The van der Waals surface area contributed by atoms with Gasteiger partial charge in [0.05, 0.1) is 19.8 Å². The Balaban J connectivity index is 1.65. The number of carbonyl (C=O) groups excluding carboxylic acids is 1.